The third-order valence-electron chi connectivity index (χ3n) is 2.04. The summed E-state index contributed by atoms with van der Waals surface area (Å²) in [7, 11) is 0. The molecule has 0 bridgehead atoms. The van der Waals surface area contributed by atoms with E-state index in [-0.39, 0.29) is 18.4 Å². The number of nitrogen functional groups attached to an aromatic ring is 1. The fourth-order valence-electron chi connectivity index (χ4n) is 1.24. The summed E-state index contributed by atoms with van der Waals surface area (Å²) < 4.78 is 0.759. The quantitative estimate of drug-likeness (QED) is 0.722. The van der Waals surface area contributed by atoms with E-state index in [4.69, 9.17) is 5.73 Å². The molecule has 1 aromatic carbocycles. The molecule has 0 aliphatic carbocycles. The molecule has 17 heavy (non-hydrogen) atoms. The molecule has 4 N–H and O–H groups in total. The van der Waals surface area contributed by atoms with Crippen LogP contribution >= 0.6 is 15.9 Å². The Balaban J connectivity index is 2.64. The van der Waals surface area contributed by atoms with Gasteiger partial charge in [0.05, 0.1) is 12.1 Å². The normalized spacial score (nSPS) is 9.76. The summed E-state index contributed by atoms with van der Waals surface area (Å²) in [4.78, 5) is 22.9. The second-order valence-corrected chi connectivity index (χ2v) is 4.28. The van der Waals surface area contributed by atoms with Crippen molar-refractivity contribution < 1.29 is 9.59 Å². The first kappa shape index (κ1) is 13.5. The minimum Gasteiger partial charge on any atom is -0.398 e. The zero-order valence-electron chi connectivity index (χ0n) is 9.42. The van der Waals surface area contributed by atoms with Crippen molar-refractivity contribution in [2.75, 3.05) is 18.8 Å². The highest BCUT2D eigenvalue weighted by molar-refractivity contribution is 9.10. The molecule has 0 saturated carbocycles. The highest BCUT2D eigenvalue weighted by atomic mass is 79.9. The monoisotopic (exact) mass is 299 g/mol. The van der Waals surface area contributed by atoms with Crippen LogP contribution in [-0.4, -0.2) is 24.9 Å². The fourth-order valence-corrected chi connectivity index (χ4v) is 1.60. The summed E-state index contributed by atoms with van der Waals surface area (Å²) >= 11 is 3.25. The molecule has 0 heterocycles. The Hall–Kier alpha value is -1.56. The molecule has 0 saturated heterocycles. The van der Waals surface area contributed by atoms with Crippen LogP contribution in [0.25, 0.3) is 0 Å². The smallest absolute Gasteiger partial charge is 0.253 e. The molecule has 0 radical (unpaired) electrons. The van der Waals surface area contributed by atoms with E-state index in [1.165, 1.54) is 0 Å². The Morgan fingerprint density at radius 3 is 2.71 bits per heavy atom. The number of carbonyl (C=O) groups excluding carboxylic acids is 2. The largest absolute Gasteiger partial charge is 0.398 e. The van der Waals surface area contributed by atoms with E-state index in [1.54, 1.807) is 18.2 Å². The first-order valence-electron chi connectivity index (χ1n) is 5.14. The highest BCUT2D eigenvalue weighted by Gasteiger charge is 2.11. The van der Waals surface area contributed by atoms with Crippen LogP contribution in [-0.2, 0) is 4.79 Å². The summed E-state index contributed by atoms with van der Waals surface area (Å²) in [5.74, 6) is -0.593. The van der Waals surface area contributed by atoms with Gasteiger partial charge in [0.15, 0.2) is 0 Å². The number of carbonyl (C=O) groups is 2. The van der Waals surface area contributed by atoms with Gasteiger partial charge in [0.1, 0.15) is 0 Å². The van der Waals surface area contributed by atoms with Gasteiger partial charge in [0.2, 0.25) is 5.91 Å². The van der Waals surface area contributed by atoms with Crippen LogP contribution in [0.1, 0.15) is 17.3 Å². The minimum absolute atomic E-state index is 0.0569. The first-order valence-corrected chi connectivity index (χ1v) is 5.93. The minimum atomic E-state index is -0.366. The van der Waals surface area contributed by atoms with Crippen molar-refractivity contribution in [3.05, 3.63) is 28.2 Å². The molecule has 0 unspecified atom stereocenters. The second-order valence-electron chi connectivity index (χ2n) is 3.37. The number of nitrogens with one attached hydrogen (secondary N) is 2. The number of anilines is 1. The van der Waals surface area contributed by atoms with Crippen molar-refractivity contribution in [1.82, 2.24) is 10.6 Å². The van der Waals surface area contributed by atoms with Gasteiger partial charge in [-0.3, -0.25) is 9.59 Å². The molecule has 0 atom stereocenters. The third kappa shape index (κ3) is 4.07. The lowest BCUT2D eigenvalue weighted by molar-refractivity contribution is -0.120. The Morgan fingerprint density at radius 2 is 2.06 bits per heavy atom. The maximum Gasteiger partial charge on any atom is 0.253 e. The third-order valence-corrected chi connectivity index (χ3v) is 2.54. The number of amides is 2. The molecule has 0 aromatic heterocycles. The van der Waals surface area contributed by atoms with Crippen molar-refractivity contribution in [3.8, 4) is 0 Å². The van der Waals surface area contributed by atoms with Gasteiger partial charge in [-0.25, -0.2) is 0 Å². The number of likely N-dealkylation sites (N-methyl/N-ethyl adjacent to an activating group) is 1. The number of hydrogen-bond acceptors (Lipinski definition) is 3. The van der Waals surface area contributed by atoms with Gasteiger partial charge >= 0.3 is 0 Å². The predicted molar refractivity (Wildman–Crippen MR) is 69.6 cm³/mol. The van der Waals surface area contributed by atoms with E-state index in [2.05, 4.69) is 26.6 Å². The summed E-state index contributed by atoms with van der Waals surface area (Å²) in [6.07, 6.45) is 0. The van der Waals surface area contributed by atoms with Crippen LogP contribution in [0.15, 0.2) is 22.7 Å². The number of benzene rings is 1. The van der Waals surface area contributed by atoms with Gasteiger partial charge in [0, 0.05) is 16.7 Å². The SMILES string of the molecule is CCNC(=O)CNC(=O)c1cc(Br)ccc1N. The van der Waals surface area contributed by atoms with E-state index >= 15 is 0 Å². The van der Waals surface area contributed by atoms with Gasteiger partial charge in [-0.1, -0.05) is 15.9 Å². The molecule has 0 fully saturated rings. The van der Waals surface area contributed by atoms with Crippen LogP contribution in [0.5, 0.6) is 0 Å². The fraction of sp³-hybridized carbons (Fsp3) is 0.273. The topological polar surface area (TPSA) is 84.2 Å². The van der Waals surface area contributed by atoms with Gasteiger partial charge in [-0.15, -0.1) is 0 Å². The Kier molecular flexibility index (Phi) is 4.96. The van der Waals surface area contributed by atoms with Gasteiger partial charge < -0.3 is 16.4 Å². The van der Waals surface area contributed by atoms with Gasteiger partial charge in [-0.2, -0.15) is 0 Å². The molecule has 0 spiro atoms. The molecule has 1 aromatic rings. The lowest BCUT2D eigenvalue weighted by Gasteiger charge is -2.07. The van der Waals surface area contributed by atoms with Crippen molar-refractivity contribution >= 4 is 33.4 Å². The zero-order valence-corrected chi connectivity index (χ0v) is 11.0. The average molecular weight is 300 g/mol. The maximum atomic E-state index is 11.7. The summed E-state index contributed by atoms with van der Waals surface area (Å²) in [6.45, 7) is 2.29. The van der Waals surface area contributed by atoms with E-state index in [9.17, 15) is 9.59 Å². The van der Waals surface area contributed by atoms with Crippen LogP contribution in [0.2, 0.25) is 0 Å². The maximum absolute atomic E-state index is 11.7. The number of nitrogens with two attached hydrogens (primary N) is 1. The predicted octanol–water partition coefficient (Wildman–Crippen LogP) is 0.897. The standard InChI is InChI=1S/C11H14BrN3O2/c1-2-14-10(16)6-15-11(17)8-5-7(12)3-4-9(8)13/h3-5H,2,6,13H2,1H3,(H,14,16)(H,15,17). The molecular formula is C11H14BrN3O2. The molecule has 0 aliphatic heterocycles. The summed E-state index contributed by atoms with van der Waals surface area (Å²) in [5, 5.41) is 5.08. The number of hydrogen-bond donors (Lipinski definition) is 3. The van der Waals surface area contributed by atoms with Crippen molar-refractivity contribution in [1.29, 1.82) is 0 Å². The second kappa shape index (κ2) is 6.24. The Morgan fingerprint density at radius 1 is 1.35 bits per heavy atom. The lowest BCUT2D eigenvalue weighted by Crippen LogP contribution is -2.37. The molecule has 2 amide bonds. The molecule has 5 nitrogen and oxygen atoms in total. The highest BCUT2D eigenvalue weighted by Crippen LogP contribution is 2.18. The molecule has 0 aliphatic rings. The summed E-state index contributed by atoms with van der Waals surface area (Å²) in [6, 6.07) is 4.99. The Labute approximate surface area is 108 Å². The number of halogens is 1. The first-order chi connectivity index (χ1) is 8.04. The van der Waals surface area contributed by atoms with E-state index in [0.29, 0.717) is 17.8 Å². The van der Waals surface area contributed by atoms with E-state index in [0.717, 1.165) is 4.47 Å². The molecule has 1 rings (SSSR count). The number of rotatable bonds is 4. The van der Waals surface area contributed by atoms with E-state index < -0.39 is 0 Å². The van der Waals surface area contributed by atoms with Gasteiger partial charge in [-0.05, 0) is 25.1 Å². The van der Waals surface area contributed by atoms with E-state index in [1.807, 2.05) is 6.92 Å². The van der Waals surface area contributed by atoms with Gasteiger partial charge in [0.25, 0.3) is 5.91 Å². The van der Waals surface area contributed by atoms with Crippen molar-refractivity contribution in [2.24, 2.45) is 0 Å². The molecule has 6 heteroatoms. The lowest BCUT2D eigenvalue weighted by atomic mass is 10.1. The van der Waals surface area contributed by atoms with Crippen LogP contribution in [0.3, 0.4) is 0 Å². The summed E-state index contributed by atoms with van der Waals surface area (Å²) in [5.41, 5.74) is 6.40. The Bertz CT molecular complexity index is 435. The van der Waals surface area contributed by atoms with Crippen LogP contribution in [0.4, 0.5) is 5.69 Å². The molecule has 92 valence electrons. The van der Waals surface area contributed by atoms with Crippen molar-refractivity contribution in [2.45, 2.75) is 6.92 Å². The average Bonchev–Trinajstić information content (AvgIpc) is 2.29. The van der Waals surface area contributed by atoms with Crippen molar-refractivity contribution in [3.63, 3.8) is 0 Å². The van der Waals surface area contributed by atoms with Crippen LogP contribution in [0, 0.1) is 0 Å². The molecular weight excluding hydrogens is 286 g/mol. The van der Waals surface area contributed by atoms with Crippen LogP contribution < -0.4 is 16.4 Å². The zero-order chi connectivity index (χ0) is 12.8.